The summed E-state index contributed by atoms with van der Waals surface area (Å²) < 4.78 is 15.4. The van der Waals surface area contributed by atoms with Crippen molar-refractivity contribution in [2.75, 3.05) is 14.2 Å². The zero-order chi connectivity index (χ0) is 17.2. The van der Waals surface area contributed by atoms with Crippen molar-refractivity contribution < 1.29 is 18.1 Å². The van der Waals surface area contributed by atoms with E-state index in [4.69, 9.17) is 13.3 Å². The van der Waals surface area contributed by atoms with Gasteiger partial charge in [0.25, 0.3) is 0 Å². The normalized spacial score (nSPS) is 13.5. The molecule has 0 aromatic heterocycles. The average molecular weight is 327 g/mol. The maximum absolute atomic E-state index is 10.0. The van der Waals surface area contributed by atoms with Crippen LogP contribution in [0.15, 0.2) is 18.2 Å². The predicted molar refractivity (Wildman–Crippen MR) is 90.6 cm³/mol. The SMILES string of the molecule is CO[Si](O)(OC)OCc1cc(C(C)(C)C)cc(C(C)(C)C)c1. The lowest BCUT2D eigenvalue weighted by atomic mass is 9.79. The van der Waals surface area contributed by atoms with E-state index in [0.717, 1.165) is 5.56 Å². The fourth-order valence-electron chi connectivity index (χ4n) is 2.02. The Morgan fingerprint density at radius 2 is 1.27 bits per heavy atom. The van der Waals surface area contributed by atoms with Crippen LogP contribution in [0.25, 0.3) is 0 Å². The van der Waals surface area contributed by atoms with Crippen molar-refractivity contribution in [1.82, 2.24) is 0 Å². The van der Waals surface area contributed by atoms with E-state index in [2.05, 4.69) is 59.7 Å². The second-order valence-electron chi connectivity index (χ2n) is 7.64. The molecule has 1 aromatic rings. The Labute approximate surface area is 135 Å². The Kier molecular flexibility index (Phi) is 5.98. The van der Waals surface area contributed by atoms with Gasteiger partial charge in [-0.3, -0.25) is 0 Å². The summed E-state index contributed by atoms with van der Waals surface area (Å²) in [5.74, 6) is 0. The van der Waals surface area contributed by atoms with Gasteiger partial charge in [0.2, 0.25) is 0 Å². The van der Waals surface area contributed by atoms with E-state index in [0.29, 0.717) is 0 Å². The van der Waals surface area contributed by atoms with Crippen LogP contribution in [0.2, 0.25) is 0 Å². The molecule has 0 heterocycles. The van der Waals surface area contributed by atoms with Crippen molar-refractivity contribution in [3.05, 3.63) is 34.9 Å². The highest BCUT2D eigenvalue weighted by molar-refractivity contribution is 6.51. The van der Waals surface area contributed by atoms with Gasteiger partial charge in [0, 0.05) is 14.2 Å². The van der Waals surface area contributed by atoms with E-state index in [1.807, 2.05) is 0 Å². The fraction of sp³-hybridized carbons (Fsp3) is 0.647. The van der Waals surface area contributed by atoms with E-state index in [-0.39, 0.29) is 17.4 Å². The minimum Gasteiger partial charge on any atom is -0.367 e. The van der Waals surface area contributed by atoms with Crippen LogP contribution in [0.5, 0.6) is 0 Å². The molecule has 126 valence electrons. The van der Waals surface area contributed by atoms with E-state index in [1.165, 1.54) is 25.3 Å². The molecule has 1 aromatic carbocycles. The largest absolute Gasteiger partial charge is 0.676 e. The smallest absolute Gasteiger partial charge is 0.367 e. The van der Waals surface area contributed by atoms with Gasteiger partial charge in [-0.15, -0.1) is 0 Å². The monoisotopic (exact) mass is 326 g/mol. The van der Waals surface area contributed by atoms with Gasteiger partial charge in [-0.1, -0.05) is 59.7 Å². The van der Waals surface area contributed by atoms with Crippen LogP contribution < -0.4 is 0 Å². The van der Waals surface area contributed by atoms with Crippen molar-refractivity contribution in [3.8, 4) is 0 Å². The van der Waals surface area contributed by atoms with Gasteiger partial charge in [0.05, 0.1) is 6.61 Å². The summed E-state index contributed by atoms with van der Waals surface area (Å²) in [5, 5.41) is 0. The summed E-state index contributed by atoms with van der Waals surface area (Å²) in [4.78, 5) is 10.0. The van der Waals surface area contributed by atoms with Gasteiger partial charge < -0.3 is 18.1 Å². The van der Waals surface area contributed by atoms with Crippen LogP contribution in [-0.2, 0) is 30.7 Å². The highest BCUT2D eigenvalue weighted by Crippen LogP contribution is 2.30. The minimum atomic E-state index is -3.51. The van der Waals surface area contributed by atoms with E-state index in [9.17, 15) is 4.80 Å². The second-order valence-corrected chi connectivity index (χ2v) is 9.79. The first-order chi connectivity index (χ1) is 9.91. The molecule has 22 heavy (non-hydrogen) atoms. The third-order valence-electron chi connectivity index (χ3n) is 3.66. The van der Waals surface area contributed by atoms with Gasteiger partial charge in [-0.05, 0) is 27.5 Å². The molecule has 0 atom stereocenters. The summed E-state index contributed by atoms with van der Waals surface area (Å²) in [7, 11) is -0.725. The fourth-order valence-corrected chi connectivity index (χ4v) is 2.77. The zero-order valence-electron chi connectivity index (χ0n) is 15.1. The maximum atomic E-state index is 10.0. The van der Waals surface area contributed by atoms with Crippen LogP contribution >= 0.6 is 0 Å². The van der Waals surface area contributed by atoms with Gasteiger partial charge in [0.1, 0.15) is 0 Å². The first kappa shape index (κ1) is 19.3. The Morgan fingerprint density at radius 1 is 0.864 bits per heavy atom. The Hall–Kier alpha value is -0.723. The molecule has 0 unspecified atom stereocenters. The Morgan fingerprint density at radius 3 is 1.59 bits per heavy atom. The van der Waals surface area contributed by atoms with Gasteiger partial charge in [-0.25, -0.2) is 0 Å². The highest BCUT2D eigenvalue weighted by Gasteiger charge is 2.38. The van der Waals surface area contributed by atoms with Gasteiger partial charge in [-0.2, -0.15) is 0 Å². The molecule has 0 bridgehead atoms. The third kappa shape index (κ3) is 5.17. The number of hydrogen-bond acceptors (Lipinski definition) is 4. The Balaban J connectivity index is 3.14. The molecule has 0 radical (unpaired) electrons. The van der Waals surface area contributed by atoms with Crippen molar-refractivity contribution in [3.63, 3.8) is 0 Å². The highest BCUT2D eigenvalue weighted by atomic mass is 28.4. The molecule has 0 aliphatic carbocycles. The van der Waals surface area contributed by atoms with Gasteiger partial charge in [0.15, 0.2) is 0 Å². The zero-order valence-corrected chi connectivity index (χ0v) is 16.1. The van der Waals surface area contributed by atoms with Gasteiger partial charge >= 0.3 is 9.05 Å². The average Bonchev–Trinajstić information content (AvgIpc) is 2.42. The molecule has 0 aliphatic heterocycles. The predicted octanol–water partition coefficient (Wildman–Crippen LogP) is 3.52. The Bertz CT molecular complexity index is 464. The summed E-state index contributed by atoms with van der Waals surface area (Å²) in [6, 6.07) is 6.49. The van der Waals surface area contributed by atoms with Crippen molar-refractivity contribution in [2.24, 2.45) is 0 Å². The standard InChI is InChI=1S/C17H30O4Si/c1-16(2,3)14-9-13(10-15(11-14)17(4,5)6)12-21-22(18,19-7)20-8/h9-11,18H,12H2,1-8H3. The summed E-state index contributed by atoms with van der Waals surface area (Å²) in [6.07, 6.45) is 0. The lowest BCUT2D eigenvalue weighted by Crippen LogP contribution is -2.43. The molecule has 0 saturated carbocycles. The second kappa shape index (κ2) is 6.80. The molecule has 0 spiro atoms. The van der Waals surface area contributed by atoms with Crippen molar-refractivity contribution in [1.29, 1.82) is 0 Å². The molecule has 1 rings (SSSR count). The molecule has 0 amide bonds. The quantitative estimate of drug-likeness (QED) is 0.841. The third-order valence-corrected chi connectivity index (χ3v) is 5.20. The molecule has 4 nitrogen and oxygen atoms in total. The maximum Gasteiger partial charge on any atom is 0.676 e. The van der Waals surface area contributed by atoms with Crippen LogP contribution in [0.1, 0.15) is 58.2 Å². The lowest BCUT2D eigenvalue weighted by molar-refractivity contribution is 0.0174. The van der Waals surface area contributed by atoms with Crippen LogP contribution in [0.3, 0.4) is 0 Å². The summed E-state index contributed by atoms with van der Waals surface area (Å²) in [5.41, 5.74) is 3.60. The van der Waals surface area contributed by atoms with Crippen LogP contribution in [-0.4, -0.2) is 28.1 Å². The van der Waals surface area contributed by atoms with E-state index < -0.39 is 9.05 Å². The van der Waals surface area contributed by atoms with Crippen molar-refractivity contribution in [2.45, 2.75) is 59.0 Å². The minimum absolute atomic E-state index is 0.0479. The molecular weight excluding hydrogens is 296 g/mol. The molecule has 0 fully saturated rings. The van der Waals surface area contributed by atoms with E-state index >= 15 is 0 Å². The summed E-state index contributed by atoms with van der Waals surface area (Å²) >= 11 is 0. The summed E-state index contributed by atoms with van der Waals surface area (Å²) in [6.45, 7) is 13.4. The van der Waals surface area contributed by atoms with Crippen molar-refractivity contribution >= 4 is 9.05 Å². The molecule has 1 N–H and O–H groups in total. The first-order valence-electron chi connectivity index (χ1n) is 7.53. The van der Waals surface area contributed by atoms with Crippen LogP contribution in [0.4, 0.5) is 0 Å². The molecular formula is C17H30O4Si. The van der Waals surface area contributed by atoms with E-state index in [1.54, 1.807) is 0 Å². The molecule has 0 aliphatic rings. The first-order valence-corrected chi connectivity index (χ1v) is 9.20. The molecule has 5 heteroatoms. The lowest BCUT2D eigenvalue weighted by Gasteiger charge is -2.27. The number of hydrogen-bond donors (Lipinski definition) is 1. The number of rotatable bonds is 5. The topological polar surface area (TPSA) is 47.9 Å². The number of benzene rings is 1. The molecule has 0 saturated heterocycles. The van der Waals surface area contributed by atoms with Crippen LogP contribution in [0, 0.1) is 0 Å².